The number of benzene rings is 3. The summed E-state index contributed by atoms with van der Waals surface area (Å²) in [6.07, 6.45) is 1.44. The molecule has 34 heavy (non-hydrogen) atoms. The Hall–Kier alpha value is -2.73. The molecule has 0 aliphatic heterocycles. The van der Waals surface area contributed by atoms with Gasteiger partial charge in [-0.1, -0.05) is 76.6 Å². The van der Waals surface area contributed by atoms with Crippen LogP contribution in [0.15, 0.2) is 89.4 Å². The number of hydrogen-bond donors (Lipinski definition) is 1. The molecule has 4 aromatic rings. The van der Waals surface area contributed by atoms with E-state index in [4.69, 9.17) is 9.72 Å². The maximum absolute atomic E-state index is 12.6. The van der Waals surface area contributed by atoms with Crippen LogP contribution in [0.1, 0.15) is 35.4 Å². The van der Waals surface area contributed by atoms with Gasteiger partial charge in [-0.25, -0.2) is 4.98 Å². The van der Waals surface area contributed by atoms with Gasteiger partial charge in [0.05, 0.1) is 12.6 Å². The van der Waals surface area contributed by atoms with Crippen molar-refractivity contribution in [2.45, 2.75) is 24.4 Å². The van der Waals surface area contributed by atoms with Crippen LogP contribution in [0.3, 0.4) is 0 Å². The van der Waals surface area contributed by atoms with Crippen LogP contribution in [0.5, 0.6) is 5.88 Å². The van der Waals surface area contributed by atoms with Crippen LogP contribution in [-0.4, -0.2) is 42.7 Å². The van der Waals surface area contributed by atoms with Gasteiger partial charge >= 0.3 is 0 Å². The first-order valence-electron chi connectivity index (χ1n) is 11.5. The molecule has 3 aromatic carbocycles. The highest BCUT2D eigenvalue weighted by molar-refractivity contribution is 9.10. The topological polar surface area (TPSA) is 45.6 Å². The second kappa shape index (κ2) is 10.7. The molecule has 4 rings (SSSR count). The lowest BCUT2D eigenvalue weighted by atomic mass is 9.71. The molecule has 176 valence electrons. The van der Waals surface area contributed by atoms with Crippen molar-refractivity contribution in [2.24, 2.45) is 0 Å². The van der Waals surface area contributed by atoms with E-state index in [0.29, 0.717) is 12.3 Å². The molecule has 5 heteroatoms. The number of fused-ring (bicyclic) bond motifs is 1. The van der Waals surface area contributed by atoms with E-state index < -0.39 is 5.60 Å². The molecule has 0 aliphatic rings. The first-order chi connectivity index (χ1) is 16.4. The zero-order valence-electron chi connectivity index (χ0n) is 19.9. The van der Waals surface area contributed by atoms with E-state index in [2.05, 4.69) is 59.2 Å². The highest BCUT2D eigenvalue weighted by atomic mass is 79.9. The molecule has 0 amide bonds. The van der Waals surface area contributed by atoms with Gasteiger partial charge in [0, 0.05) is 21.3 Å². The maximum atomic E-state index is 12.6. The van der Waals surface area contributed by atoms with E-state index in [0.717, 1.165) is 45.0 Å². The van der Waals surface area contributed by atoms with Crippen LogP contribution in [0, 0.1) is 0 Å². The van der Waals surface area contributed by atoms with E-state index in [9.17, 15) is 5.11 Å². The summed E-state index contributed by atoms with van der Waals surface area (Å²) in [5.74, 6) is 0.162. The smallest absolute Gasteiger partial charge is 0.217 e. The molecule has 1 aromatic heterocycles. The van der Waals surface area contributed by atoms with Crippen molar-refractivity contribution in [3.63, 3.8) is 0 Å². The van der Waals surface area contributed by atoms with Crippen molar-refractivity contribution in [3.8, 4) is 5.88 Å². The number of aromatic nitrogens is 1. The third kappa shape index (κ3) is 5.17. The molecule has 0 fully saturated rings. The number of pyridine rings is 1. The summed E-state index contributed by atoms with van der Waals surface area (Å²) < 4.78 is 6.80. The average Bonchev–Trinajstić information content (AvgIpc) is 2.84. The summed E-state index contributed by atoms with van der Waals surface area (Å²) in [6, 6.07) is 28.3. The molecule has 0 bridgehead atoms. The minimum atomic E-state index is -1.16. The van der Waals surface area contributed by atoms with Gasteiger partial charge in [0.25, 0.3) is 0 Å². The molecule has 0 saturated carbocycles. The predicted molar refractivity (Wildman–Crippen MR) is 142 cm³/mol. The molecule has 1 N–H and O–H groups in total. The van der Waals surface area contributed by atoms with Crippen LogP contribution < -0.4 is 4.74 Å². The van der Waals surface area contributed by atoms with Gasteiger partial charge in [0.2, 0.25) is 5.88 Å². The second-order valence-corrected chi connectivity index (χ2v) is 9.88. The third-order valence-electron chi connectivity index (χ3n) is 6.32. The first kappa shape index (κ1) is 24.4. The van der Waals surface area contributed by atoms with Crippen molar-refractivity contribution in [1.82, 2.24) is 9.88 Å². The molecular weight excluding hydrogens is 488 g/mol. The molecular formula is C29H31BrN2O2. The molecule has 0 aliphatic carbocycles. The minimum Gasteiger partial charge on any atom is -0.481 e. The lowest BCUT2D eigenvalue weighted by Gasteiger charge is -2.38. The van der Waals surface area contributed by atoms with Gasteiger partial charge in [0.15, 0.2) is 0 Å². The van der Waals surface area contributed by atoms with Gasteiger partial charge in [-0.05, 0) is 68.9 Å². The van der Waals surface area contributed by atoms with Crippen molar-refractivity contribution < 1.29 is 9.84 Å². The summed E-state index contributed by atoms with van der Waals surface area (Å²) in [7, 11) is 5.76. The summed E-state index contributed by atoms with van der Waals surface area (Å²) in [6.45, 7) is 0.886. The Morgan fingerprint density at radius 3 is 2.29 bits per heavy atom. The number of hydrogen-bond acceptors (Lipinski definition) is 4. The van der Waals surface area contributed by atoms with E-state index in [1.165, 1.54) is 0 Å². The van der Waals surface area contributed by atoms with Crippen molar-refractivity contribution >= 4 is 26.8 Å². The van der Waals surface area contributed by atoms with Gasteiger partial charge < -0.3 is 14.7 Å². The van der Waals surface area contributed by atoms with Gasteiger partial charge in [0.1, 0.15) is 5.60 Å². The van der Waals surface area contributed by atoms with Crippen LogP contribution in [0.4, 0.5) is 0 Å². The number of halogens is 1. The van der Waals surface area contributed by atoms with Gasteiger partial charge in [-0.3, -0.25) is 0 Å². The minimum absolute atomic E-state index is 0.371. The number of ether oxygens (including phenoxy) is 1. The first-order valence-corrected chi connectivity index (χ1v) is 12.3. The molecule has 2 unspecified atom stereocenters. The third-order valence-corrected chi connectivity index (χ3v) is 6.81. The van der Waals surface area contributed by atoms with E-state index in [-0.39, 0.29) is 5.92 Å². The largest absolute Gasteiger partial charge is 0.481 e. The normalized spacial score (nSPS) is 14.2. The second-order valence-electron chi connectivity index (χ2n) is 8.96. The van der Waals surface area contributed by atoms with Crippen LogP contribution >= 0.6 is 15.9 Å². The van der Waals surface area contributed by atoms with E-state index >= 15 is 0 Å². The Labute approximate surface area is 210 Å². The fourth-order valence-electron chi connectivity index (χ4n) is 4.72. The quantitative estimate of drug-likeness (QED) is 0.279. The fourth-order valence-corrected chi connectivity index (χ4v) is 5.10. The Morgan fingerprint density at radius 2 is 1.65 bits per heavy atom. The van der Waals surface area contributed by atoms with E-state index in [1.54, 1.807) is 7.11 Å². The van der Waals surface area contributed by atoms with Gasteiger partial charge in [-0.15, -0.1) is 0 Å². The van der Waals surface area contributed by atoms with Crippen molar-refractivity contribution in [3.05, 3.63) is 106 Å². The van der Waals surface area contributed by atoms with Crippen LogP contribution in [0.25, 0.3) is 10.9 Å². The van der Waals surface area contributed by atoms with Crippen molar-refractivity contribution in [1.29, 1.82) is 0 Å². The summed E-state index contributed by atoms with van der Waals surface area (Å²) in [5.41, 5.74) is 2.47. The predicted octanol–water partition coefficient (Wildman–Crippen LogP) is 6.37. The number of methoxy groups -OCH3 is 1. The molecule has 0 saturated heterocycles. The highest BCUT2D eigenvalue weighted by Crippen LogP contribution is 2.47. The monoisotopic (exact) mass is 518 g/mol. The molecule has 4 nitrogen and oxygen atoms in total. The molecule has 1 heterocycles. The lowest BCUT2D eigenvalue weighted by Crippen LogP contribution is -2.35. The standard InChI is InChI=1S/C29H31BrN2O2/c1-32(2)18-10-17-29(33,23-13-8-5-9-14-23)27(21-11-6-4-7-12-21)25-20-22-19-24(30)15-16-26(22)31-28(25)34-3/h4-9,11-16,19-20,27,33H,10,17-18H2,1-3H3. The number of aliphatic hydroxyl groups is 1. The summed E-state index contributed by atoms with van der Waals surface area (Å²) in [5, 5.41) is 13.6. The number of rotatable bonds is 9. The zero-order valence-corrected chi connectivity index (χ0v) is 21.5. The van der Waals surface area contributed by atoms with Crippen molar-refractivity contribution in [2.75, 3.05) is 27.7 Å². The Balaban J connectivity index is 1.96. The Kier molecular flexibility index (Phi) is 7.67. The summed E-state index contributed by atoms with van der Waals surface area (Å²) in [4.78, 5) is 6.99. The lowest BCUT2D eigenvalue weighted by molar-refractivity contribution is 0.00619. The van der Waals surface area contributed by atoms with Crippen LogP contribution in [0.2, 0.25) is 0 Å². The average molecular weight is 519 g/mol. The molecule has 0 radical (unpaired) electrons. The fraction of sp³-hybridized carbons (Fsp3) is 0.276. The van der Waals surface area contributed by atoms with E-state index in [1.807, 2.05) is 60.7 Å². The Bertz CT molecular complexity index is 1230. The zero-order chi connectivity index (χ0) is 24.1. The van der Waals surface area contributed by atoms with Crippen LogP contribution in [-0.2, 0) is 5.60 Å². The van der Waals surface area contributed by atoms with Gasteiger partial charge in [-0.2, -0.15) is 0 Å². The molecule has 0 spiro atoms. The highest BCUT2D eigenvalue weighted by Gasteiger charge is 2.42. The summed E-state index contributed by atoms with van der Waals surface area (Å²) >= 11 is 3.59. The SMILES string of the molecule is COc1nc2ccc(Br)cc2cc1C(c1ccccc1)C(O)(CCCN(C)C)c1ccccc1. The maximum Gasteiger partial charge on any atom is 0.217 e. The molecule has 2 atom stereocenters. The number of nitrogens with zero attached hydrogens (tertiary/aromatic N) is 2. The Morgan fingerprint density at radius 1 is 0.971 bits per heavy atom.